The summed E-state index contributed by atoms with van der Waals surface area (Å²) in [7, 11) is 1.46. The number of phenols is 1. The summed E-state index contributed by atoms with van der Waals surface area (Å²) in [5.74, 6) is -0.482. The zero-order chi connectivity index (χ0) is 18.2. The van der Waals surface area contributed by atoms with Crippen molar-refractivity contribution < 1.29 is 19.4 Å². The molecule has 25 heavy (non-hydrogen) atoms. The molecule has 130 valence electrons. The van der Waals surface area contributed by atoms with Crippen LogP contribution in [-0.2, 0) is 4.79 Å². The maximum atomic E-state index is 12.1. The zero-order valence-electron chi connectivity index (χ0n) is 13.3. The lowest BCUT2D eigenvalue weighted by atomic mass is 10.2. The Morgan fingerprint density at radius 1 is 1.28 bits per heavy atom. The molecule has 0 heterocycles. The molecule has 0 unspecified atom stereocenters. The van der Waals surface area contributed by atoms with Crippen LogP contribution in [0.25, 0.3) is 0 Å². The number of hydrazone groups is 1. The normalized spacial score (nSPS) is 10.5. The van der Waals surface area contributed by atoms with Gasteiger partial charge >= 0.3 is 0 Å². The Balaban J connectivity index is 1.87. The molecule has 0 saturated heterocycles. The van der Waals surface area contributed by atoms with Crippen molar-refractivity contribution in [3.8, 4) is 11.5 Å². The summed E-state index contributed by atoms with van der Waals surface area (Å²) >= 11 is 3.27. The molecule has 7 nitrogen and oxygen atoms in total. The van der Waals surface area contributed by atoms with Crippen LogP contribution in [0.2, 0.25) is 0 Å². The van der Waals surface area contributed by atoms with Crippen molar-refractivity contribution in [1.29, 1.82) is 0 Å². The molecule has 0 atom stereocenters. The molecule has 0 saturated carbocycles. The summed E-state index contributed by atoms with van der Waals surface area (Å²) in [4.78, 5) is 23.8. The molecule has 0 aliphatic rings. The van der Waals surface area contributed by atoms with Gasteiger partial charge < -0.3 is 15.2 Å². The van der Waals surface area contributed by atoms with Crippen LogP contribution in [0.15, 0.2) is 52.0 Å². The van der Waals surface area contributed by atoms with Crippen molar-refractivity contribution in [2.24, 2.45) is 5.10 Å². The highest BCUT2D eigenvalue weighted by Crippen LogP contribution is 2.20. The first-order valence-electron chi connectivity index (χ1n) is 7.23. The quantitative estimate of drug-likeness (QED) is 0.505. The third-order valence-electron chi connectivity index (χ3n) is 3.14. The number of para-hydroxylation sites is 1. The summed E-state index contributed by atoms with van der Waals surface area (Å²) in [6, 6.07) is 11.5. The second kappa shape index (κ2) is 8.84. The predicted octanol–water partition coefficient (Wildman–Crippen LogP) is 2.04. The number of hydrogen-bond acceptors (Lipinski definition) is 5. The van der Waals surface area contributed by atoms with Gasteiger partial charge in [-0.3, -0.25) is 9.59 Å². The molecule has 8 heteroatoms. The fourth-order valence-electron chi connectivity index (χ4n) is 1.93. The fourth-order valence-corrected chi connectivity index (χ4v) is 2.31. The molecule has 0 aliphatic carbocycles. The monoisotopic (exact) mass is 405 g/mol. The van der Waals surface area contributed by atoms with Crippen molar-refractivity contribution in [2.45, 2.75) is 0 Å². The van der Waals surface area contributed by atoms with E-state index in [1.165, 1.54) is 19.4 Å². The number of carbonyl (C=O) groups is 2. The van der Waals surface area contributed by atoms with Gasteiger partial charge in [-0.25, -0.2) is 5.43 Å². The number of carbonyl (C=O) groups excluding carboxylic acids is 2. The Morgan fingerprint density at radius 3 is 2.80 bits per heavy atom. The maximum absolute atomic E-state index is 12.1. The van der Waals surface area contributed by atoms with Crippen LogP contribution in [-0.4, -0.2) is 36.8 Å². The van der Waals surface area contributed by atoms with Gasteiger partial charge in [0.2, 0.25) is 0 Å². The highest BCUT2D eigenvalue weighted by Gasteiger charge is 2.12. The summed E-state index contributed by atoms with van der Waals surface area (Å²) in [5, 5.41) is 15.9. The number of nitrogens with one attached hydrogen (secondary N) is 2. The Bertz CT molecular complexity index is 808. The zero-order valence-corrected chi connectivity index (χ0v) is 14.9. The number of phenolic OH excluding ortho intramolecular Hbond substituents is 1. The van der Waals surface area contributed by atoms with Gasteiger partial charge in [-0.2, -0.15) is 5.10 Å². The summed E-state index contributed by atoms with van der Waals surface area (Å²) in [6.07, 6.45) is 1.31. The molecule has 0 aromatic heterocycles. The number of aromatic hydroxyl groups is 1. The lowest BCUT2D eigenvalue weighted by Gasteiger charge is -2.08. The molecule has 2 aromatic rings. The van der Waals surface area contributed by atoms with E-state index in [2.05, 4.69) is 31.8 Å². The SMILES string of the molecule is COc1ccccc1C(=O)NCC(=O)N/N=C/c1cc(Br)ccc1O. The first-order valence-corrected chi connectivity index (χ1v) is 8.02. The van der Waals surface area contributed by atoms with E-state index in [9.17, 15) is 14.7 Å². The van der Waals surface area contributed by atoms with Gasteiger partial charge in [0.15, 0.2) is 0 Å². The first-order chi connectivity index (χ1) is 12.0. The second-order valence-corrected chi connectivity index (χ2v) is 5.79. The molecule has 0 radical (unpaired) electrons. The van der Waals surface area contributed by atoms with Crippen LogP contribution >= 0.6 is 15.9 Å². The van der Waals surface area contributed by atoms with Gasteiger partial charge in [0.05, 0.1) is 25.4 Å². The summed E-state index contributed by atoms with van der Waals surface area (Å²) in [5.41, 5.74) is 3.04. The van der Waals surface area contributed by atoms with E-state index >= 15 is 0 Å². The molecule has 0 fully saturated rings. The minimum absolute atomic E-state index is 0.0330. The van der Waals surface area contributed by atoms with Crippen LogP contribution in [0.3, 0.4) is 0 Å². The van der Waals surface area contributed by atoms with Crippen LogP contribution in [0.4, 0.5) is 0 Å². The van der Waals surface area contributed by atoms with Crippen molar-refractivity contribution in [3.05, 3.63) is 58.1 Å². The molecule has 3 N–H and O–H groups in total. The van der Waals surface area contributed by atoms with Gasteiger partial charge in [-0.05, 0) is 30.3 Å². The number of methoxy groups -OCH3 is 1. The average molecular weight is 406 g/mol. The largest absolute Gasteiger partial charge is 0.507 e. The van der Waals surface area contributed by atoms with E-state index in [-0.39, 0.29) is 12.3 Å². The average Bonchev–Trinajstić information content (AvgIpc) is 2.62. The summed E-state index contributed by atoms with van der Waals surface area (Å²) in [6.45, 7) is -0.251. The smallest absolute Gasteiger partial charge is 0.259 e. The molecule has 2 aromatic carbocycles. The van der Waals surface area contributed by atoms with E-state index in [1.807, 2.05) is 0 Å². The topological polar surface area (TPSA) is 100 Å². The third kappa shape index (κ3) is 5.32. The maximum Gasteiger partial charge on any atom is 0.259 e. The van der Waals surface area contributed by atoms with Crippen molar-refractivity contribution in [3.63, 3.8) is 0 Å². The lowest BCUT2D eigenvalue weighted by Crippen LogP contribution is -2.35. The lowest BCUT2D eigenvalue weighted by molar-refractivity contribution is -0.120. The number of hydrogen-bond donors (Lipinski definition) is 3. The molecular weight excluding hydrogens is 390 g/mol. The van der Waals surface area contributed by atoms with E-state index < -0.39 is 11.8 Å². The van der Waals surface area contributed by atoms with E-state index in [4.69, 9.17) is 4.74 Å². The second-order valence-electron chi connectivity index (χ2n) is 4.88. The molecule has 2 rings (SSSR count). The highest BCUT2D eigenvalue weighted by atomic mass is 79.9. The number of halogens is 1. The van der Waals surface area contributed by atoms with Crippen LogP contribution < -0.4 is 15.5 Å². The summed E-state index contributed by atoms with van der Waals surface area (Å²) < 4.78 is 5.86. The Hall–Kier alpha value is -2.87. The van der Waals surface area contributed by atoms with E-state index in [0.717, 1.165) is 4.47 Å². The Labute approximate surface area is 152 Å². The molecule has 0 aliphatic heterocycles. The molecule has 0 bridgehead atoms. The van der Waals surface area contributed by atoms with E-state index in [0.29, 0.717) is 16.9 Å². The molecular formula is C17H16BrN3O4. The number of rotatable bonds is 6. The fraction of sp³-hybridized carbons (Fsp3) is 0.118. The van der Waals surface area contributed by atoms with Crippen molar-refractivity contribution in [1.82, 2.24) is 10.7 Å². The minimum atomic E-state index is -0.506. The Kier molecular flexibility index (Phi) is 6.53. The molecule has 2 amide bonds. The number of ether oxygens (including phenoxy) is 1. The number of amides is 2. The first kappa shape index (κ1) is 18.5. The van der Waals surface area contributed by atoms with Gasteiger partial charge in [-0.1, -0.05) is 28.1 Å². The van der Waals surface area contributed by atoms with Crippen molar-refractivity contribution in [2.75, 3.05) is 13.7 Å². The van der Waals surface area contributed by atoms with Gasteiger partial charge in [-0.15, -0.1) is 0 Å². The van der Waals surface area contributed by atoms with Crippen LogP contribution in [0, 0.1) is 0 Å². The number of benzene rings is 2. The van der Waals surface area contributed by atoms with Crippen molar-refractivity contribution >= 4 is 34.0 Å². The number of nitrogens with zero attached hydrogens (tertiary/aromatic N) is 1. The standard InChI is InChI=1S/C17H16BrN3O4/c1-25-15-5-3-2-4-13(15)17(24)19-10-16(23)21-20-9-11-8-12(18)6-7-14(11)22/h2-9,22H,10H2,1H3,(H,19,24)(H,21,23)/b20-9+. The van der Waals surface area contributed by atoms with Gasteiger partial charge in [0.1, 0.15) is 11.5 Å². The third-order valence-corrected chi connectivity index (χ3v) is 3.64. The van der Waals surface area contributed by atoms with Crippen LogP contribution in [0.5, 0.6) is 11.5 Å². The Morgan fingerprint density at radius 2 is 2.04 bits per heavy atom. The van der Waals surface area contributed by atoms with Gasteiger partial charge in [0.25, 0.3) is 11.8 Å². The van der Waals surface area contributed by atoms with Crippen LogP contribution in [0.1, 0.15) is 15.9 Å². The highest BCUT2D eigenvalue weighted by molar-refractivity contribution is 9.10. The molecule has 0 spiro atoms. The predicted molar refractivity (Wildman–Crippen MR) is 96.9 cm³/mol. The van der Waals surface area contributed by atoms with Gasteiger partial charge in [0, 0.05) is 10.0 Å². The minimum Gasteiger partial charge on any atom is -0.507 e. The van der Waals surface area contributed by atoms with E-state index in [1.54, 1.807) is 36.4 Å².